The zero-order chi connectivity index (χ0) is 16.4. The Kier molecular flexibility index (Phi) is 8.19. The van der Waals surface area contributed by atoms with Crippen LogP contribution in [0.15, 0.2) is 42.0 Å². The Bertz CT molecular complexity index is 503. The van der Waals surface area contributed by atoms with Gasteiger partial charge in [-0.15, -0.1) is 0 Å². The van der Waals surface area contributed by atoms with Gasteiger partial charge in [-0.05, 0) is 32.1 Å². The Hall–Kier alpha value is -1.90. The molecule has 0 spiro atoms. The van der Waals surface area contributed by atoms with Crippen molar-refractivity contribution in [1.29, 1.82) is 0 Å². The summed E-state index contributed by atoms with van der Waals surface area (Å²) in [4.78, 5) is 23.7. The number of ether oxygens (including phenoxy) is 1. The molecule has 1 aromatic rings. The maximum Gasteiger partial charge on any atom is 0.379 e. The molecule has 0 bridgehead atoms. The van der Waals surface area contributed by atoms with Crippen LogP contribution in [0.1, 0.15) is 56.8 Å². The fourth-order valence-corrected chi connectivity index (χ4v) is 2.08. The number of esters is 1. The normalized spacial score (nSPS) is 12.8. The number of benzene rings is 1. The van der Waals surface area contributed by atoms with E-state index in [4.69, 9.17) is 4.74 Å². The fraction of sp³-hybridized carbons (Fsp3) is 0.474. The first-order chi connectivity index (χ1) is 10.6. The van der Waals surface area contributed by atoms with E-state index in [9.17, 15) is 9.59 Å². The van der Waals surface area contributed by atoms with Crippen LogP contribution in [0.25, 0.3) is 0 Å². The molecular weight excluding hydrogens is 276 g/mol. The number of allylic oxidation sites excluding steroid dienone is 2. The van der Waals surface area contributed by atoms with E-state index >= 15 is 0 Å². The summed E-state index contributed by atoms with van der Waals surface area (Å²) in [6, 6.07) is 8.52. The highest BCUT2D eigenvalue weighted by atomic mass is 16.5. The summed E-state index contributed by atoms with van der Waals surface area (Å²) in [5.74, 6) is -1.03. The van der Waals surface area contributed by atoms with Gasteiger partial charge in [0.1, 0.15) is 0 Å². The molecule has 0 radical (unpaired) electrons. The summed E-state index contributed by atoms with van der Waals surface area (Å²) in [6.45, 7) is 6.65. The van der Waals surface area contributed by atoms with E-state index < -0.39 is 11.8 Å². The molecule has 0 aliphatic rings. The van der Waals surface area contributed by atoms with Crippen LogP contribution in [0.5, 0.6) is 0 Å². The van der Waals surface area contributed by atoms with Crippen molar-refractivity contribution in [3.05, 3.63) is 47.5 Å². The van der Waals surface area contributed by atoms with Gasteiger partial charge in [-0.2, -0.15) is 0 Å². The third-order valence-electron chi connectivity index (χ3n) is 3.87. The van der Waals surface area contributed by atoms with Gasteiger partial charge in [-0.1, -0.05) is 62.2 Å². The van der Waals surface area contributed by atoms with E-state index in [1.165, 1.54) is 5.57 Å². The van der Waals surface area contributed by atoms with Gasteiger partial charge in [0.15, 0.2) is 0 Å². The largest absolute Gasteiger partial charge is 0.459 e. The molecule has 0 aliphatic carbocycles. The second kappa shape index (κ2) is 9.93. The number of carbonyl (C=O) groups excluding carboxylic acids is 2. The van der Waals surface area contributed by atoms with Gasteiger partial charge in [0, 0.05) is 5.56 Å². The van der Waals surface area contributed by atoms with Crippen molar-refractivity contribution in [2.75, 3.05) is 6.61 Å². The Balaban J connectivity index is 2.42. The second-order valence-electron chi connectivity index (χ2n) is 5.55. The molecule has 22 heavy (non-hydrogen) atoms. The third kappa shape index (κ3) is 6.25. The number of ketones is 1. The first-order valence-corrected chi connectivity index (χ1v) is 8.00. The average Bonchev–Trinajstić information content (AvgIpc) is 2.57. The summed E-state index contributed by atoms with van der Waals surface area (Å²) >= 11 is 0. The smallest absolute Gasteiger partial charge is 0.379 e. The topological polar surface area (TPSA) is 43.4 Å². The van der Waals surface area contributed by atoms with Crippen molar-refractivity contribution in [3.8, 4) is 0 Å². The third-order valence-corrected chi connectivity index (χ3v) is 3.87. The Morgan fingerprint density at radius 3 is 2.45 bits per heavy atom. The maximum absolute atomic E-state index is 11.9. The van der Waals surface area contributed by atoms with E-state index in [1.807, 2.05) is 0 Å². The molecule has 1 unspecified atom stereocenters. The lowest BCUT2D eigenvalue weighted by molar-refractivity contribution is -0.139. The number of carbonyl (C=O) groups is 2. The predicted octanol–water partition coefficient (Wildman–Crippen LogP) is 4.58. The molecule has 0 saturated heterocycles. The molecule has 0 heterocycles. The van der Waals surface area contributed by atoms with Gasteiger partial charge < -0.3 is 4.74 Å². The van der Waals surface area contributed by atoms with Crippen molar-refractivity contribution in [2.45, 2.75) is 46.5 Å². The summed E-state index contributed by atoms with van der Waals surface area (Å²) in [5.41, 5.74) is 1.76. The monoisotopic (exact) mass is 302 g/mol. The summed E-state index contributed by atoms with van der Waals surface area (Å²) in [5, 5.41) is 0. The van der Waals surface area contributed by atoms with E-state index in [-0.39, 0.29) is 0 Å². The van der Waals surface area contributed by atoms with E-state index in [0.29, 0.717) is 18.1 Å². The van der Waals surface area contributed by atoms with Crippen molar-refractivity contribution in [2.24, 2.45) is 5.92 Å². The zero-order valence-electron chi connectivity index (χ0n) is 13.8. The molecule has 1 rings (SSSR count). The minimum absolute atomic E-state index is 0.299. The van der Waals surface area contributed by atoms with Crippen LogP contribution in [0.4, 0.5) is 0 Å². The summed E-state index contributed by atoms with van der Waals surface area (Å²) < 4.78 is 5.19. The van der Waals surface area contributed by atoms with Crippen LogP contribution in [0.3, 0.4) is 0 Å². The van der Waals surface area contributed by atoms with Gasteiger partial charge in [-0.25, -0.2) is 4.79 Å². The van der Waals surface area contributed by atoms with Crippen LogP contribution in [-0.2, 0) is 9.53 Å². The number of rotatable bonds is 9. The molecule has 0 N–H and O–H groups in total. The molecule has 3 nitrogen and oxygen atoms in total. The van der Waals surface area contributed by atoms with Gasteiger partial charge in [0.25, 0.3) is 5.78 Å². The quantitative estimate of drug-likeness (QED) is 0.290. The van der Waals surface area contributed by atoms with Crippen molar-refractivity contribution < 1.29 is 14.3 Å². The van der Waals surface area contributed by atoms with E-state index in [1.54, 1.807) is 30.3 Å². The minimum Gasteiger partial charge on any atom is -0.459 e. The van der Waals surface area contributed by atoms with Crippen LogP contribution in [0, 0.1) is 5.92 Å². The van der Waals surface area contributed by atoms with Gasteiger partial charge in [0.05, 0.1) is 6.61 Å². The maximum atomic E-state index is 11.9. The number of hydrogen-bond donors (Lipinski definition) is 0. The molecular formula is C19H26O3. The predicted molar refractivity (Wildman–Crippen MR) is 88.8 cm³/mol. The minimum atomic E-state index is -0.759. The lowest BCUT2D eigenvalue weighted by Crippen LogP contribution is -2.21. The van der Waals surface area contributed by atoms with E-state index in [2.05, 4.69) is 26.8 Å². The molecule has 0 aromatic heterocycles. The van der Waals surface area contributed by atoms with Crippen LogP contribution < -0.4 is 0 Å². The van der Waals surface area contributed by atoms with Crippen LogP contribution in [-0.4, -0.2) is 18.4 Å². The van der Waals surface area contributed by atoms with Gasteiger partial charge in [-0.3, -0.25) is 4.79 Å². The molecule has 1 aromatic carbocycles. The molecule has 1 atom stereocenters. The second-order valence-corrected chi connectivity index (χ2v) is 5.55. The lowest BCUT2D eigenvalue weighted by atomic mass is 10.00. The number of hydrogen-bond acceptors (Lipinski definition) is 3. The van der Waals surface area contributed by atoms with Crippen LogP contribution in [0.2, 0.25) is 0 Å². The Morgan fingerprint density at radius 1 is 1.18 bits per heavy atom. The highest BCUT2D eigenvalue weighted by Gasteiger charge is 2.19. The van der Waals surface area contributed by atoms with E-state index in [0.717, 1.165) is 25.7 Å². The summed E-state index contributed by atoms with van der Waals surface area (Å²) in [6.07, 6.45) is 6.20. The Morgan fingerprint density at radius 2 is 1.86 bits per heavy atom. The van der Waals surface area contributed by atoms with Crippen molar-refractivity contribution >= 4 is 11.8 Å². The van der Waals surface area contributed by atoms with Crippen molar-refractivity contribution in [3.63, 3.8) is 0 Å². The fourth-order valence-electron chi connectivity index (χ4n) is 2.08. The summed E-state index contributed by atoms with van der Waals surface area (Å²) in [7, 11) is 0. The first-order valence-electron chi connectivity index (χ1n) is 8.00. The molecule has 3 heteroatoms. The molecule has 0 fully saturated rings. The standard InChI is InChI=1S/C19H26O3/c1-4-15(3)10-9-11-16(5-2)14-22-19(21)18(20)17-12-7-6-8-13-17/h6-8,10,12-13,16H,4-5,9,11,14H2,1-3H3. The van der Waals surface area contributed by atoms with Gasteiger partial charge >= 0.3 is 5.97 Å². The molecule has 0 amide bonds. The Labute approximate surface area is 133 Å². The van der Waals surface area contributed by atoms with Crippen molar-refractivity contribution in [1.82, 2.24) is 0 Å². The average molecular weight is 302 g/mol. The highest BCUT2D eigenvalue weighted by molar-refractivity contribution is 6.40. The lowest BCUT2D eigenvalue weighted by Gasteiger charge is -2.14. The highest BCUT2D eigenvalue weighted by Crippen LogP contribution is 2.14. The molecule has 0 aliphatic heterocycles. The van der Waals surface area contributed by atoms with Crippen LogP contribution >= 0.6 is 0 Å². The molecule has 120 valence electrons. The molecule has 0 saturated carbocycles. The zero-order valence-corrected chi connectivity index (χ0v) is 13.8. The van der Waals surface area contributed by atoms with Gasteiger partial charge in [0.2, 0.25) is 0 Å². The first kappa shape index (κ1) is 18.1. The number of Topliss-reactive ketones (excluding diaryl/α,β-unsaturated/α-hetero) is 1. The SMILES string of the molecule is CCC(C)=CCCC(CC)COC(=O)C(=O)c1ccccc1.